The second-order valence-electron chi connectivity index (χ2n) is 12.1. The first-order chi connectivity index (χ1) is 21.4. The van der Waals surface area contributed by atoms with Gasteiger partial charge in [-0.05, 0) is 74.7 Å². The number of carbonyl (C=O) groups excluding carboxylic acids is 1. The van der Waals surface area contributed by atoms with E-state index in [9.17, 15) is 21.6 Å². The standard InChI is InChI=1S/C35H35ClN2O5S2/c1-23-7-11-26(12-8-23)32-20-34-31(22-37(32)44(40,41)29-17-13-28(36)14-18-29)35(39)21-33(27-6-4-5-25(3)19-27)38(34)45(42,43)30-15-9-24(2)10-16-30/h4-19,31-34H,20-22H2,1-3H3/t31-,32+,33+,34+/m1/s1. The number of hydrogen-bond donors (Lipinski definition) is 0. The molecule has 6 rings (SSSR count). The molecule has 45 heavy (non-hydrogen) atoms. The second kappa shape index (κ2) is 12.1. The lowest BCUT2D eigenvalue weighted by atomic mass is 9.77. The average molecular weight is 663 g/mol. The van der Waals surface area contributed by atoms with Crippen LogP contribution in [0.1, 0.15) is 52.7 Å². The summed E-state index contributed by atoms with van der Waals surface area (Å²) in [6.07, 6.45) is 0.0550. The maximum atomic E-state index is 14.6. The van der Waals surface area contributed by atoms with Crippen LogP contribution >= 0.6 is 11.6 Å². The molecule has 4 atom stereocenters. The number of aryl methyl sites for hydroxylation is 3. The Labute approximate surface area is 270 Å². The first-order valence-corrected chi connectivity index (χ1v) is 18.2. The molecule has 2 fully saturated rings. The number of sulfonamides is 2. The van der Waals surface area contributed by atoms with Gasteiger partial charge in [0.1, 0.15) is 5.78 Å². The van der Waals surface area contributed by atoms with Crippen LogP contribution in [0.5, 0.6) is 0 Å². The lowest BCUT2D eigenvalue weighted by Gasteiger charge is -2.51. The maximum absolute atomic E-state index is 14.6. The fourth-order valence-electron chi connectivity index (χ4n) is 6.63. The van der Waals surface area contributed by atoms with Crippen molar-refractivity contribution in [2.24, 2.45) is 5.92 Å². The minimum atomic E-state index is -4.11. The van der Waals surface area contributed by atoms with Gasteiger partial charge >= 0.3 is 0 Å². The molecule has 0 unspecified atom stereocenters. The van der Waals surface area contributed by atoms with Crippen LogP contribution in [0.4, 0.5) is 0 Å². The van der Waals surface area contributed by atoms with Crippen LogP contribution in [0.2, 0.25) is 5.02 Å². The fourth-order valence-corrected chi connectivity index (χ4v) is 10.3. The number of rotatable bonds is 6. The van der Waals surface area contributed by atoms with Gasteiger partial charge in [-0.2, -0.15) is 8.61 Å². The van der Waals surface area contributed by atoms with E-state index < -0.39 is 44.1 Å². The summed E-state index contributed by atoms with van der Waals surface area (Å²) >= 11 is 6.07. The molecule has 234 valence electrons. The summed E-state index contributed by atoms with van der Waals surface area (Å²) in [5.74, 6) is -1.00. The van der Waals surface area contributed by atoms with Crippen molar-refractivity contribution in [3.8, 4) is 0 Å². The summed E-state index contributed by atoms with van der Waals surface area (Å²) in [6, 6.07) is 25.6. The summed E-state index contributed by atoms with van der Waals surface area (Å²) in [5, 5.41) is 0.407. The van der Waals surface area contributed by atoms with E-state index in [4.69, 9.17) is 11.6 Å². The summed E-state index contributed by atoms with van der Waals surface area (Å²) in [6.45, 7) is 5.63. The van der Waals surface area contributed by atoms with Gasteiger partial charge in [-0.25, -0.2) is 16.8 Å². The van der Waals surface area contributed by atoms with E-state index in [0.29, 0.717) is 5.02 Å². The molecule has 0 spiro atoms. The van der Waals surface area contributed by atoms with Crippen molar-refractivity contribution >= 4 is 37.4 Å². The van der Waals surface area contributed by atoms with Crippen LogP contribution in [0, 0.1) is 26.7 Å². The molecule has 4 aromatic carbocycles. The van der Waals surface area contributed by atoms with E-state index in [-0.39, 0.29) is 35.0 Å². The van der Waals surface area contributed by atoms with E-state index in [2.05, 4.69) is 0 Å². The minimum Gasteiger partial charge on any atom is -0.299 e. The Balaban J connectivity index is 1.51. The number of halogens is 1. The zero-order chi connectivity index (χ0) is 32.1. The molecule has 2 heterocycles. The van der Waals surface area contributed by atoms with Crippen LogP contribution in [0.15, 0.2) is 107 Å². The van der Waals surface area contributed by atoms with Crippen molar-refractivity contribution in [2.75, 3.05) is 6.54 Å². The zero-order valence-corrected chi connectivity index (χ0v) is 27.7. The molecule has 10 heteroatoms. The first-order valence-electron chi connectivity index (χ1n) is 14.9. The predicted molar refractivity (Wildman–Crippen MR) is 175 cm³/mol. The minimum absolute atomic E-state index is 0.0558. The van der Waals surface area contributed by atoms with E-state index in [1.54, 1.807) is 24.3 Å². The maximum Gasteiger partial charge on any atom is 0.243 e. The van der Waals surface area contributed by atoms with Gasteiger partial charge < -0.3 is 0 Å². The zero-order valence-electron chi connectivity index (χ0n) is 25.3. The van der Waals surface area contributed by atoms with Gasteiger partial charge in [0.25, 0.3) is 0 Å². The largest absolute Gasteiger partial charge is 0.299 e. The highest BCUT2D eigenvalue weighted by Crippen LogP contribution is 2.48. The highest BCUT2D eigenvalue weighted by atomic mass is 35.5. The first kappa shape index (κ1) is 31.6. The van der Waals surface area contributed by atoms with Gasteiger partial charge in [0.05, 0.1) is 21.9 Å². The third-order valence-corrected chi connectivity index (χ3v) is 13.1. The summed E-state index contributed by atoms with van der Waals surface area (Å²) < 4.78 is 60.6. The van der Waals surface area contributed by atoms with Crippen LogP contribution in [0.25, 0.3) is 0 Å². The summed E-state index contributed by atoms with van der Waals surface area (Å²) in [4.78, 5) is 14.2. The predicted octanol–water partition coefficient (Wildman–Crippen LogP) is 6.79. The van der Waals surface area contributed by atoms with Crippen LogP contribution in [0.3, 0.4) is 0 Å². The molecule has 0 N–H and O–H groups in total. The molecule has 7 nitrogen and oxygen atoms in total. The Morgan fingerprint density at radius 3 is 1.87 bits per heavy atom. The number of ketones is 1. The van der Waals surface area contributed by atoms with Gasteiger partial charge in [-0.3, -0.25) is 4.79 Å². The van der Waals surface area contributed by atoms with Crippen molar-refractivity contribution < 1.29 is 21.6 Å². The van der Waals surface area contributed by atoms with Crippen LogP contribution < -0.4 is 0 Å². The van der Waals surface area contributed by atoms with Gasteiger partial charge in [-0.15, -0.1) is 0 Å². The lowest BCUT2D eigenvalue weighted by molar-refractivity contribution is -0.132. The quantitative estimate of drug-likeness (QED) is 0.227. The van der Waals surface area contributed by atoms with Crippen LogP contribution in [-0.4, -0.2) is 43.8 Å². The molecule has 4 aromatic rings. The van der Waals surface area contributed by atoms with Crippen molar-refractivity contribution in [1.82, 2.24) is 8.61 Å². The van der Waals surface area contributed by atoms with Crippen molar-refractivity contribution in [3.63, 3.8) is 0 Å². The third-order valence-electron chi connectivity index (χ3n) is 9.00. The summed E-state index contributed by atoms with van der Waals surface area (Å²) in [7, 11) is -8.19. The van der Waals surface area contributed by atoms with Crippen molar-refractivity contribution in [2.45, 2.75) is 61.5 Å². The van der Waals surface area contributed by atoms with E-state index in [1.807, 2.05) is 69.3 Å². The number of hydrogen-bond acceptors (Lipinski definition) is 5. The SMILES string of the molecule is Cc1ccc([C@@H]2C[C@H]3[C@@H](CN2S(=O)(=O)c2ccc(Cl)cc2)C(=O)C[C@@H](c2cccc(C)c2)N3S(=O)(=O)c2ccc(C)cc2)cc1. The fraction of sp³-hybridized carbons (Fsp3) is 0.286. The van der Waals surface area contributed by atoms with Gasteiger partial charge in [0, 0.05) is 29.9 Å². The Morgan fingerprint density at radius 1 is 0.667 bits per heavy atom. The van der Waals surface area contributed by atoms with E-state index in [1.165, 1.54) is 32.9 Å². The van der Waals surface area contributed by atoms with E-state index in [0.717, 1.165) is 27.8 Å². The molecular weight excluding hydrogens is 628 g/mol. The number of nitrogens with zero attached hydrogens (tertiary/aromatic N) is 2. The molecule has 0 amide bonds. The molecular formula is C35H35ClN2O5S2. The number of piperidine rings is 2. The smallest absolute Gasteiger partial charge is 0.243 e. The molecule has 2 aliphatic heterocycles. The number of carbonyl (C=O) groups is 1. The highest BCUT2D eigenvalue weighted by molar-refractivity contribution is 7.89. The summed E-state index contributed by atoms with van der Waals surface area (Å²) in [5.41, 5.74) is 4.36. The molecule has 0 aromatic heterocycles. The molecule has 2 saturated heterocycles. The van der Waals surface area contributed by atoms with E-state index >= 15 is 0 Å². The molecule has 2 aliphatic rings. The monoisotopic (exact) mass is 662 g/mol. The molecule has 0 radical (unpaired) electrons. The van der Waals surface area contributed by atoms with Gasteiger partial charge in [-0.1, -0.05) is 89.0 Å². The third kappa shape index (κ3) is 6.00. The Morgan fingerprint density at radius 2 is 1.24 bits per heavy atom. The molecule has 0 aliphatic carbocycles. The average Bonchev–Trinajstić information content (AvgIpc) is 3.01. The van der Waals surface area contributed by atoms with Gasteiger partial charge in [0.15, 0.2) is 0 Å². The topological polar surface area (TPSA) is 91.8 Å². The van der Waals surface area contributed by atoms with Crippen LogP contribution in [-0.2, 0) is 24.8 Å². The van der Waals surface area contributed by atoms with Crippen molar-refractivity contribution in [3.05, 3.63) is 130 Å². The Kier molecular flexibility index (Phi) is 8.52. The molecule has 0 saturated carbocycles. The number of Topliss-reactive ketones (excluding diaryl/α,β-unsaturated/α-hetero) is 1. The molecule has 0 bridgehead atoms. The lowest BCUT2D eigenvalue weighted by Crippen LogP contribution is -2.60. The second-order valence-corrected chi connectivity index (χ2v) is 16.3. The number of benzene rings is 4. The normalized spacial score (nSPS) is 23.1. The Hall–Kier alpha value is -3.34. The Bertz CT molecular complexity index is 1940. The van der Waals surface area contributed by atoms with Crippen molar-refractivity contribution in [1.29, 1.82) is 0 Å². The highest BCUT2D eigenvalue weighted by Gasteiger charge is 2.54. The van der Waals surface area contributed by atoms with Gasteiger partial charge in [0.2, 0.25) is 20.0 Å². The number of fused-ring (bicyclic) bond motifs is 1.